The van der Waals surface area contributed by atoms with Gasteiger partial charge >= 0.3 is 5.97 Å². The van der Waals surface area contributed by atoms with Crippen LogP contribution in [0.5, 0.6) is 0 Å². The number of aromatic amines is 1. The number of methoxy groups -OCH3 is 1. The number of aromatic nitrogens is 1. The molecule has 0 radical (unpaired) electrons. The average molecular weight is 374 g/mol. The molecule has 27 heavy (non-hydrogen) atoms. The summed E-state index contributed by atoms with van der Waals surface area (Å²) in [7, 11) is 1.26. The molecule has 8 nitrogen and oxygen atoms in total. The van der Waals surface area contributed by atoms with Crippen LogP contribution in [-0.4, -0.2) is 48.5 Å². The van der Waals surface area contributed by atoms with Crippen LogP contribution in [0.25, 0.3) is 10.9 Å². The smallest absolute Gasteiger partial charge is 0.328 e. The van der Waals surface area contributed by atoms with Gasteiger partial charge in [0, 0.05) is 17.1 Å². The van der Waals surface area contributed by atoms with E-state index in [9.17, 15) is 14.4 Å². The molecule has 0 spiro atoms. The van der Waals surface area contributed by atoms with Gasteiger partial charge in [0.25, 0.3) is 0 Å². The molecule has 0 saturated heterocycles. The standard InChI is InChI=1S/C19H26N4O4/c1-11(2)17(19(26)27-3)23-16(24)10-22-18(25)14(20)8-12-9-21-15-7-5-4-6-13(12)15/h4-7,9,11,14,17,21H,8,10,20H2,1-3H3,(H,22,25)(H,23,24)/t14-,17-/m0/s1. The van der Waals surface area contributed by atoms with Crippen molar-refractivity contribution >= 4 is 28.7 Å². The van der Waals surface area contributed by atoms with Gasteiger partial charge in [-0.2, -0.15) is 0 Å². The number of fused-ring (bicyclic) bond motifs is 1. The number of nitrogens with one attached hydrogen (secondary N) is 3. The lowest BCUT2D eigenvalue weighted by Crippen LogP contribution is -2.50. The van der Waals surface area contributed by atoms with Crippen molar-refractivity contribution in [2.24, 2.45) is 11.7 Å². The second-order valence-corrected chi connectivity index (χ2v) is 6.70. The zero-order valence-corrected chi connectivity index (χ0v) is 15.7. The molecule has 2 aromatic rings. The van der Waals surface area contributed by atoms with E-state index < -0.39 is 29.9 Å². The number of amides is 2. The zero-order chi connectivity index (χ0) is 20.0. The monoisotopic (exact) mass is 374 g/mol. The number of esters is 1. The van der Waals surface area contributed by atoms with Gasteiger partial charge in [0.1, 0.15) is 6.04 Å². The molecule has 0 saturated carbocycles. The number of H-pyrrole nitrogens is 1. The number of rotatable bonds is 8. The van der Waals surface area contributed by atoms with E-state index in [0.29, 0.717) is 6.42 Å². The predicted molar refractivity (Wildman–Crippen MR) is 102 cm³/mol. The van der Waals surface area contributed by atoms with Crippen molar-refractivity contribution in [2.75, 3.05) is 13.7 Å². The maximum Gasteiger partial charge on any atom is 0.328 e. The van der Waals surface area contributed by atoms with E-state index in [-0.39, 0.29) is 12.5 Å². The molecule has 5 N–H and O–H groups in total. The van der Waals surface area contributed by atoms with Gasteiger partial charge in [-0.3, -0.25) is 9.59 Å². The first-order valence-corrected chi connectivity index (χ1v) is 8.79. The Morgan fingerprint density at radius 3 is 2.59 bits per heavy atom. The summed E-state index contributed by atoms with van der Waals surface area (Å²) in [5.74, 6) is -1.58. The predicted octanol–water partition coefficient (Wildman–Crippen LogP) is 0.468. The molecule has 2 amide bonds. The van der Waals surface area contributed by atoms with E-state index in [4.69, 9.17) is 5.73 Å². The highest BCUT2D eigenvalue weighted by molar-refractivity contribution is 5.90. The Kier molecular flexibility index (Phi) is 6.95. The third-order valence-corrected chi connectivity index (χ3v) is 4.31. The summed E-state index contributed by atoms with van der Waals surface area (Å²) < 4.78 is 4.67. The molecule has 0 bridgehead atoms. The van der Waals surface area contributed by atoms with Crippen LogP contribution in [0.3, 0.4) is 0 Å². The Morgan fingerprint density at radius 2 is 1.93 bits per heavy atom. The normalized spacial score (nSPS) is 13.2. The van der Waals surface area contributed by atoms with Crippen LogP contribution < -0.4 is 16.4 Å². The third kappa shape index (κ3) is 5.30. The SMILES string of the molecule is COC(=O)[C@@H](NC(=O)CNC(=O)[C@@H](N)Cc1c[nH]c2ccccc12)C(C)C. The first-order valence-electron chi connectivity index (χ1n) is 8.79. The molecular formula is C19H26N4O4. The van der Waals surface area contributed by atoms with E-state index in [1.807, 2.05) is 30.5 Å². The minimum absolute atomic E-state index is 0.138. The van der Waals surface area contributed by atoms with E-state index >= 15 is 0 Å². The second-order valence-electron chi connectivity index (χ2n) is 6.70. The van der Waals surface area contributed by atoms with Gasteiger partial charge < -0.3 is 26.1 Å². The van der Waals surface area contributed by atoms with Crippen molar-refractivity contribution in [3.05, 3.63) is 36.0 Å². The maximum absolute atomic E-state index is 12.2. The molecule has 2 atom stereocenters. The third-order valence-electron chi connectivity index (χ3n) is 4.31. The lowest BCUT2D eigenvalue weighted by Gasteiger charge is -2.20. The first-order chi connectivity index (χ1) is 12.8. The van der Waals surface area contributed by atoms with Crippen molar-refractivity contribution < 1.29 is 19.1 Å². The van der Waals surface area contributed by atoms with Crippen LogP contribution in [0.2, 0.25) is 0 Å². The van der Waals surface area contributed by atoms with Gasteiger partial charge in [0.05, 0.1) is 19.7 Å². The number of hydrogen-bond donors (Lipinski definition) is 4. The summed E-state index contributed by atoms with van der Waals surface area (Å²) in [6.45, 7) is 3.32. The van der Waals surface area contributed by atoms with Crippen LogP contribution in [0, 0.1) is 5.92 Å². The van der Waals surface area contributed by atoms with E-state index in [2.05, 4.69) is 20.4 Å². The molecule has 0 aliphatic rings. The highest BCUT2D eigenvalue weighted by Crippen LogP contribution is 2.18. The first kappa shape index (κ1) is 20.4. The summed E-state index contributed by atoms with van der Waals surface area (Å²) in [4.78, 5) is 39.0. The van der Waals surface area contributed by atoms with Gasteiger partial charge in [0.15, 0.2) is 0 Å². The molecule has 0 fully saturated rings. The lowest BCUT2D eigenvalue weighted by molar-refractivity contribution is -0.146. The van der Waals surface area contributed by atoms with Crippen LogP contribution in [0.4, 0.5) is 0 Å². The number of para-hydroxylation sites is 1. The molecular weight excluding hydrogens is 348 g/mol. The fraction of sp³-hybridized carbons (Fsp3) is 0.421. The summed E-state index contributed by atoms with van der Waals surface area (Å²) in [5, 5.41) is 6.07. The Morgan fingerprint density at radius 1 is 1.22 bits per heavy atom. The van der Waals surface area contributed by atoms with Crippen molar-refractivity contribution in [3.8, 4) is 0 Å². The van der Waals surface area contributed by atoms with Gasteiger partial charge in [-0.15, -0.1) is 0 Å². The maximum atomic E-state index is 12.2. The van der Waals surface area contributed by atoms with Crippen molar-refractivity contribution in [2.45, 2.75) is 32.4 Å². The lowest BCUT2D eigenvalue weighted by atomic mass is 10.0. The molecule has 1 aromatic heterocycles. The zero-order valence-electron chi connectivity index (χ0n) is 15.7. The van der Waals surface area contributed by atoms with Crippen molar-refractivity contribution in [3.63, 3.8) is 0 Å². The Bertz CT molecular complexity index is 815. The van der Waals surface area contributed by atoms with E-state index in [0.717, 1.165) is 16.5 Å². The number of benzene rings is 1. The molecule has 0 aliphatic heterocycles. The van der Waals surface area contributed by atoms with E-state index in [1.165, 1.54) is 7.11 Å². The van der Waals surface area contributed by atoms with Gasteiger partial charge in [0.2, 0.25) is 11.8 Å². The van der Waals surface area contributed by atoms with Crippen LogP contribution in [0.15, 0.2) is 30.5 Å². The Balaban J connectivity index is 1.87. The molecule has 8 heteroatoms. The van der Waals surface area contributed by atoms with Crippen LogP contribution >= 0.6 is 0 Å². The van der Waals surface area contributed by atoms with Crippen LogP contribution in [-0.2, 0) is 25.5 Å². The van der Waals surface area contributed by atoms with Gasteiger partial charge in [-0.25, -0.2) is 4.79 Å². The molecule has 0 unspecified atom stereocenters. The fourth-order valence-corrected chi connectivity index (χ4v) is 2.78. The molecule has 146 valence electrons. The minimum atomic E-state index is -0.793. The number of carbonyl (C=O) groups excluding carboxylic acids is 3. The van der Waals surface area contributed by atoms with Gasteiger partial charge in [-0.05, 0) is 24.0 Å². The largest absolute Gasteiger partial charge is 0.467 e. The quantitative estimate of drug-likeness (QED) is 0.500. The fourth-order valence-electron chi connectivity index (χ4n) is 2.78. The minimum Gasteiger partial charge on any atom is -0.467 e. The topological polar surface area (TPSA) is 126 Å². The molecule has 2 rings (SSSR count). The van der Waals surface area contributed by atoms with Gasteiger partial charge in [-0.1, -0.05) is 32.0 Å². The number of nitrogens with two attached hydrogens (primary N) is 1. The van der Waals surface area contributed by atoms with E-state index in [1.54, 1.807) is 13.8 Å². The van der Waals surface area contributed by atoms with Crippen molar-refractivity contribution in [1.82, 2.24) is 15.6 Å². The molecule has 1 aromatic carbocycles. The Labute approximate surface area is 157 Å². The summed E-state index contributed by atoms with van der Waals surface area (Å²) in [6, 6.07) is 6.19. The second kappa shape index (κ2) is 9.18. The van der Waals surface area contributed by atoms with Crippen LogP contribution in [0.1, 0.15) is 19.4 Å². The highest BCUT2D eigenvalue weighted by atomic mass is 16.5. The number of ether oxygens (including phenoxy) is 1. The summed E-state index contributed by atoms with van der Waals surface area (Å²) in [5.41, 5.74) is 7.88. The molecule has 0 aliphatic carbocycles. The summed E-state index contributed by atoms with van der Waals surface area (Å²) >= 11 is 0. The average Bonchev–Trinajstić information content (AvgIpc) is 3.06. The highest BCUT2D eigenvalue weighted by Gasteiger charge is 2.25. The number of hydrogen-bond acceptors (Lipinski definition) is 5. The summed E-state index contributed by atoms with van der Waals surface area (Å²) in [6.07, 6.45) is 2.17. The molecule has 1 heterocycles. The Hall–Kier alpha value is -2.87. The van der Waals surface area contributed by atoms with Crippen molar-refractivity contribution in [1.29, 1.82) is 0 Å². The number of carbonyl (C=O) groups is 3.